The third-order valence-electron chi connectivity index (χ3n) is 10.0. The van der Waals surface area contributed by atoms with Crippen LogP contribution in [0.25, 0.3) is 74.7 Å². The molecule has 0 saturated carbocycles. The van der Waals surface area contributed by atoms with Crippen LogP contribution < -0.4 is 4.90 Å². The zero-order valence-electron chi connectivity index (χ0n) is 27.3. The van der Waals surface area contributed by atoms with Gasteiger partial charge in [0.15, 0.2) is 0 Å². The van der Waals surface area contributed by atoms with Gasteiger partial charge in [-0.15, -0.1) is 11.3 Å². The lowest BCUT2D eigenvalue weighted by Crippen LogP contribution is -2.10. The molecule has 0 aliphatic carbocycles. The van der Waals surface area contributed by atoms with Crippen molar-refractivity contribution < 1.29 is 0 Å². The first-order chi connectivity index (χ1) is 24.8. The first-order valence-corrected chi connectivity index (χ1v) is 17.9. The van der Waals surface area contributed by atoms with Crippen LogP contribution in [0, 0.1) is 0 Å². The first kappa shape index (κ1) is 28.8. The number of fused-ring (bicyclic) bond motifs is 7. The molecular formula is C48H31NS. The largest absolute Gasteiger partial charge is 0.310 e. The van der Waals surface area contributed by atoms with Crippen LogP contribution in [0.1, 0.15) is 0 Å². The van der Waals surface area contributed by atoms with Crippen molar-refractivity contribution in [1.82, 2.24) is 0 Å². The van der Waals surface area contributed by atoms with Crippen LogP contribution >= 0.6 is 11.3 Å². The van der Waals surface area contributed by atoms with E-state index >= 15 is 0 Å². The standard InChI is InChI=1S/C48H31NS/c1-2-11-34-29-37(21-20-32(34)10-1)36-14-9-13-35(28-36)33-22-24-39(25-23-33)49(40-26-27-45-44-18-7-8-19-47(44)50-48(45)31-40)46-30-38-12-3-4-15-41(38)42-16-5-6-17-43(42)46/h1-31H. The van der Waals surface area contributed by atoms with Crippen molar-refractivity contribution in [1.29, 1.82) is 0 Å². The number of benzene rings is 9. The van der Waals surface area contributed by atoms with Gasteiger partial charge in [-0.25, -0.2) is 0 Å². The smallest absolute Gasteiger partial charge is 0.0546 e. The van der Waals surface area contributed by atoms with E-state index in [1.165, 1.54) is 80.4 Å². The average molecular weight is 654 g/mol. The zero-order valence-corrected chi connectivity index (χ0v) is 28.1. The SMILES string of the molecule is c1cc(-c2ccc(N(c3ccc4c(c3)sc3ccccc34)c3cc4ccccc4c4ccccc34)cc2)cc(-c2ccc3ccccc3c2)c1. The normalized spacial score (nSPS) is 11.6. The molecule has 10 aromatic rings. The summed E-state index contributed by atoms with van der Waals surface area (Å²) in [7, 11) is 0. The van der Waals surface area contributed by atoms with Crippen molar-refractivity contribution in [2.45, 2.75) is 0 Å². The zero-order chi connectivity index (χ0) is 33.0. The minimum Gasteiger partial charge on any atom is -0.310 e. The Kier molecular flexibility index (Phi) is 6.75. The maximum Gasteiger partial charge on any atom is 0.0546 e. The number of anilines is 3. The second kappa shape index (κ2) is 11.7. The molecule has 10 rings (SSSR count). The average Bonchev–Trinajstić information content (AvgIpc) is 3.56. The second-order valence-corrected chi connectivity index (χ2v) is 14.0. The van der Waals surface area contributed by atoms with Crippen molar-refractivity contribution >= 4 is 80.9 Å². The van der Waals surface area contributed by atoms with Crippen molar-refractivity contribution in [3.05, 3.63) is 188 Å². The molecule has 234 valence electrons. The molecule has 0 atom stereocenters. The lowest BCUT2D eigenvalue weighted by molar-refractivity contribution is 1.31. The van der Waals surface area contributed by atoms with Crippen molar-refractivity contribution in [3.63, 3.8) is 0 Å². The van der Waals surface area contributed by atoms with Crippen LogP contribution in [-0.4, -0.2) is 0 Å². The minimum atomic E-state index is 1.13. The molecule has 0 fully saturated rings. The number of nitrogens with zero attached hydrogens (tertiary/aromatic N) is 1. The van der Waals surface area contributed by atoms with E-state index in [0.717, 1.165) is 11.4 Å². The van der Waals surface area contributed by atoms with Crippen molar-refractivity contribution in [2.75, 3.05) is 4.90 Å². The Morgan fingerprint density at radius 2 is 0.900 bits per heavy atom. The highest BCUT2D eigenvalue weighted by Crippen LogP contribution is 2.44. The molecule has 0 bridgehead atoms. The summed E-state index contributed by atoms with van der Waals surface area (Å²) >= 11 is 1.86. The topological polar surface area (TPSA) is 3.24 Å². The number of rotatable bonds is 5. The van der Waals surface area contributed by atoms with Gasteiger partial charge in [0.1, 0.15) is 0 Å². The molecule has 0 amide bonds. The van der Waals surface area contributed by atoms with E-state index in [9.17, 15) is 0 Å². The van der Waals surface area contributed by atoms with Crippen LogP contribution in [0.5, 0.6) is 0 Å². The molecule has 0 radical (unpaired) electrons. The molecule has 0 saturated heterocycles. The Hall–Kier alpha value is -6.22. The summed E-state index contributed by atoms with van der Waals surface area (Å²) < 4.78 is 2.61. The molecule has 1 heterocycles. The fourth-order valence-corrected chi connectivity index (χ4v) is 8.69. The van der Waals surface area contributed by atoms with Gasteiger partial charge in [0.25, 0.3) is 0 Å². The van der Waals surface area contributed by atoms with Crippen LogP contribution in [0.4, 0.5) is 17.1 Å². The van der Waals surface area contributed by atoms with E-state index in [2.05, 4.69) is 193 Å². The molecule has 2 heteroatoms. The van der Waals surface area contributed by atoms with Gasteiger partial charge in [-0.3, -0.25) is 0 Å². The van der Waals surface area contributed by atoms with E-state index in [-0.39, 0.29) is 0 Å². The molecule has 0 aliphatic heterocycles. The third kappa shape index (κ3) is 4.84. The van der Waals surface area contributed by atoms with Gasteiger partial charge >= 0.3 is 0 Å². The van der Waals surface area contributed by atoms with Gasteiger partial charge in [-0.2, -0.15) is 0 Å². The predicted molar refractivity (Wildman–Crippen MR) is 217 cm³/mol. The summed E-state index contributed by atoms with van der Waals surface area (Å²) in [5.74, 6) is 0. The summed E-state index contributed by atoms with van der Waals surface area (Å²) in [6, 6.07) is 68.8. The van der Waals surface area contributed by atoms with Crippen LogP contribution in [0.15, 0.2) is 188 Å². The highest BCUT2D eigenvalue weighted by molar-refractivity contribution is 7.25. The van der Waals surface area contributed by atoms with Crippen LogP contribution in [0.2, 0.25) is 0 Å². The minimum absolute atomic E-state index is 1.13. The predicted octanol–water partition coefficient (Wildman–Crippen LogP) is 14.3. The molecule has 1 aromatic heterocycles. The highest BCUT2D eigenvalue weighted by Gasteiger charge is 2.19. The maximum absolute atomic E-state index is 2.44. The number of thiophene rings is 1. The van der Waals surface area contributed by atoms with Gasteiger partial charge in [0.2, 0.25) is 0 Å². The molecule has 0 N–H and O–H groups in total. The third-order valence-corrected chi connectivity index (χ3v) is 11.1. The van der Waals surface area contributed by atoms with E-state index in [1.807, 2.05) is 11.3 Å². The Morgan fingerprint density at radius 1 is 0.300 bits per heavy atom. The van der Waals surface area contributed by atoms with Crippen LogP contribution in [-0.2, 0) is 0 Å². The van der Waals surface area contributed by atoms with Crippen molar-refractivity contribution in [3.8, 4) is 22.3 Å². The van der Waals surface area contributed by atoms with Gasteiger partial charge < -0.3 is 4.90 Å². The Balaban J connectivity index is 1.12. The second-order valence-electron chi connectivity index (χ2n) is 13.0. The fraction of sp³-hybridized carbons (Fsp3) is 0. The molecule has 0 spiro atoms. The lowest BCUT2D eigenvalue weighted by atomic mass is 9.97. The Bertz CT molecular complexity index is 2880. The van der Waals surface area contributed by atoms with Crippen molar-refractivity contribution in [2.24, 2.45) is 0 Å². The van der Waals surface area contributed by atoms with Gasteiger partial charge in [-0.05, 0) is 97.7 Å². The summed E-state index contributed by atoms with van der Waals surface area (Å²) in [4.78, 5) is 2.44. The summed E-state index contributed by atoms with van der Waals surface area (Å²) in [5, 5.41) is 10.1. The summed E-state index contributed by atoms with van der Waals surface area (Å²) in [6.45, 7) is 0. The lowest BCUT2D eigenvalue weighted by Gasteiger charge is -2.28. The molecule has 1 nitrogen and oxygen atoms in total. The quantitative estimate of drug-likeness (QED) is 0.167. The molecule has 50 heavy (non-hydrogen) atoms. The number of hydrogen-bond donors (Lipinski definition) is 0. The van der Waals surface area contributed by atoms with Crippen LogP contribution in [0.3, 0.4) is 0 Å². The molecule has 0 unspecified atom stereocenters. The summed E-state index contributed by atoms with van der Waals surface area (Å²) in [6.07, 6.45) is 0. The van der Waals surface area contributed by atoms with Gasteiger partial charge in [-0.1, -0.05) is 140 Å². The van der Waals surface area contributed by atoms with Gasteiger partial charge in [0, 0.05) is 36.9 Å². The van der Waals surface area contributed by atoms with Gasteiger partial charge in [0.05, 0.1) is 5.69 Å². The Labute approximate surface area is 294 Å². The monoisotopic (exact) mass is 653 g/mol. The van der Waals surface area contributed by atoms with E-state index in [4.69, 9.17) is 0 Å². The number of hydrogen-bond acceptors (Lipinski definition) is 2. The fourth-order valence-electron chi connectivity index (χ4n) is 7.55. The Morgan fingerprint density at radius 3 is 1.74 bits per heavy atom. The van der Waals surface area contributed by atoms with E-state index < -0.39 is 0 Å². The van der Waals surface area contributed by atoms with E-state index in [0.29, 0.717) is 0 Å². The maximum atomic E-state index is 2.44. The summed E-state index contributed by atoms with van der Waals surface area (Å²) in [5.41, 5.74) is 8.30. The van der Waals surface area contributed by atoms with E-state index in [1.54, 1.807) is 0 Å². The first-order valence-electron chi connectivity index (χ1n) is 17.1. The molecule has 9 aromatic carbocycles. The molecule has 0 aliphatic rings. The molecular weight excluding hydrogens is 623 g/mol. The highest BCUT2D eigenvalue weighted by atomic mass is 32.1.